The van der Waals surface area contributed by atoms with E-state index in [9.17, 15) is 4.79 Å². The number of hydrogen-bond acceptors (Lipinski definition) is 5. The Morgan fingerprint density at radius 3 is 2.83 bits per heavy atom. The first-order chi connectivity index (χ1) is 8.83. The predicted molar refractivity (Wildman–Crippen MR) is 70.7 cm³/mol. The molecule has 18 heavy (non-hydrogen) atoms. The molecule has 1 aromatic carbocycles. The second-order valence-electron chi connectivity index (χ2n) is 4.38. The Morgan fingerprint density at radius 2 is 2.00 bits per heavy atom. The standard InChI is InChI=1S/C13H15NO3S/c15-11(8-14-3-5-18-6-4-14)10-1-2-12-13(7-10)17-9-16-12/h1-2,7H,3-6,8-9H2. The maximum Gasteiger partial charge on any atom is 0.231 e. The molecule has 5 heteroatoms. The van der Waals surface area contributed by atoms with Crippen molar-refractivity contribution in [2.24, 2.45) is 0 Å². The fourth-order valence-corrected chi connectivity index (χ4v) is 3.10. The van der Waals surface area contributed by atoms with E-state index in [1.54, 1.807) is 6.07 Å². The molecule has 1 fully saturated rings. The first-order valence-corrected chi connectivity index (χ1v) is 7.21. The number of ketones is 1. The number of fused-ring (bicyclic) bond motifs is 1. The summed E-state index contributed by atoms with van der Waals surface area (Å²) in [5.41, 5.74) is 0.706. The van der Waals surface area contributed by atoms with Crippen LogP contribution in [0, 0.1) is 0 Å². The van der Waals surface area contributed by atoms with Crippen LogP contribution in [0.5, 0.6) is 11.5 Å². The Balaban J connectivity index is 1.68. The summed E-state index contributed by atoms with van der Waals surface area (Å²) < 4.78 is 10.5. The van der Waals surface area contributed by atoms with Gasteiger partial charge in [-0.15, -0.1) is 0 Å². The van der Waals surface area contributed by atoms with Gasteiger partial charge in [-0.1, -0.05) is 0 Å². The van der Waals surface area contributed by atoms with Crippen molar-refractivity contribution in [3.8, 4) is 11.5 Å². The first-order valence-electron chi connectivity index (χ1n) is 6.06. The highest BCUT2D eigenvalue weighted by molar-refractivity contribution is 7.99. The second-order valence-corrected chi connectivity index (χ2v) is 5.60. The summed E-state index contributed by atoms with van der Waals surface area (Å²) in [5, 5.41) is 0. The van der Waals surface area contributed by atoms with Crippen molar-refractivity contribution in [2.75, 3.05) is 37.9 Å². The molecule has 0 atom stereocenters. The zero-order valence-corrected chi connectivity index (χ0v) is 10.9. The van der Waals surface area contributed by atoms with Crippen molar-refractivity contribution in [3.63, 3.8) is 0 Å². The summed E-state index contributed by atoms with van der Waals surface area (Å²) in [7, 11) is 0. The lowest BCUT2D eigenvalue weighted by Crippen LogP contribution is -2.36. The molecular weight excluding hydrogens is 250 g/mol. The van der Waals surface area contributed by atoms with Crippen LogP contribution in [-0.4, -0.2) is 48.6 Å². The number of Topliss-reactive ketones (excluding diaryl/α,β-unsaturated/α-hetero) is 1. The van der Waals surface area contributed by atoms with Crippen molar-refractivity contribution >= 4 is 17.5 Å². The van der Waals surface area contributed by atoms with Crippen LogP contribution in [0.25, 0.3) is 0 Å². The van der Waals surface area contributed by atoms with E-state index in [1.165, 1.54) is 0 Å². The van der Waals surface area contributed by atoms with Crippen molar-refractivity contribution in [1.82, 2.24) is 4.90 Å². The Kier molecular flexibility index (Phi) is 3.43. The average molecular weight is 265 g/mol. The van der Waals surface area contributed by atoms with Gasteiger partial charge in [-0.3, -0.25) is 9.69 Å². The summed E-state index contributed by atoms with van der Waals surface area (Å²) in [6.45, 7) is 2.75. The molecule has 4 nitrogen and oxygen atoms in total. The minimum Gasteiger partial charge on any atom is -0.454 e. The fraction of sp³-hybridized carbons (Fsp3) is 0.462. The van der Waals surface area contributed by atoms with Gasteiger partial charge in [0, 0.05) is 30.2 Å². The molecule has 0 saturated carbocycles. The molecule has 0 aliphatic carbocycles. The van der Waals surface area contributed by atoms with E-state index in [0.29, 0.717) is 17.9 Å². The van der Waals surface area contributed by atoms with Crippen LogP contribution in [0.4, 0.5) is 0 Å². The van der Waals surface area contributed by atoms with Gasteiger partial charge in [-0.05, 0) is 18.2 Å². The Morgan fingerprint density at radius 1 is 1.22 bits per heavy atom. The van der Waals surface area contributed by atoms with Crippen LogP contribution in [0.3, 0.4) is 0 Å². The zero-order chi connectivity index (χ0) is 12.4. The lowest BCUT2D eigenvalue weighted by atomic mass is 10.1. The van der Waals surface area contributed by atoms with E-state index >= 15 is 0 Å². The van der Waals surface area contributed by atoms with Crippen LogP contribution in [0.1, 0.15) is 10.4 Å². The molecular formula is C13H15NO3S. The molecule has 1 saturated heterocycles. The summed E-state index contributed by atoms with van der Waals surface area (Å²) in [6.07, 6.45) is 0. The molecule has 0 aromatic heterocycles. The zero-order valence-electron chi connectivity index (χ0n) is 10.1. The van der Waals surface area contributed by atoms with E-state index in [4.69, 9.17) is 9.47 Å². The molecule has 0 bridgehead atoms. The number of ether oxygens (including phenoxy) is 2. The Hall–Kier alpha value is -1.20. The van der Waals surface area contributed by atoms with Crippen LogP contribution >= 0.6 is 11.8 Å². The lowest BCUT2D eigenvalue weighted by Gasteiger charge is -2.25. The number of carbonyl (C=O) groups excluding carboxylic acids is 1. The van der Waals surface area contributed by atoms with E-state index in [1.807, 2.05) is 23.9 Å². The van der Waals surface area contributed by atoms with Crippen molar-refractivity contribution in [3.05, 3.63) is 23.8 Å². The number of rotatable bonds is 3. The monoisotopic (exact) mass is 265 g/mol. The van der Waals surface area contributed by atoms with E-state index in [-0.39, 0.29) is 12.6 Å². The van der Waals surface area contributed by atoms with Gasteiger partial charge in [-0.2, -0.15) is 11.8 Å². The minimum absolute atomic E-state index is 0.153. The van der Waals surface area contributed by atoms with Gasteiger partial charge in [0.25, 0.3) is 0 Å². The van der Waals surface area contributed by atoms with Crippen molar-refractivity contribution < 1.29 is 14.3 Å². The molecule has 0 amide bonds. The Bertz CT molecular complexity index is 458. The van der Waals surface area contributed by atoms with Crippen LogP contribution in [-0.2, 0) is 0 Å². The smallest absolute Gasteiger partial charge is 0.231 e. The van der Waals surface area contributed by atoms with E-state index < -0.39 is 0 Å². The quantitative estimate of drug-likeness (QED) is 0.777. The molecule has 96 valence electrons. The van der Waals surface area contributed by atoms with Gasteiger partial charge in [0.1, 0.15) is 0 Å². The lowest BCUT2D eigenvalue weighted by molar-refractivity contribution is 0.0937. The largest absolute Gasteiger partial charge is 0.454 e. The molecule has 0 N–H and O–H groups in total. The number of nitrogens with zero attached hydrogens (tertiary/aromatic N) is 1. The third-order valence-electron chi connectivity index (χ3n) is 3.17. The van der Waals surface area contributed by atoms with Crippen LogP contribution in [0.2, 0.25) is 0 Å². The third kappa shape index (κ3) is 2.47. The van der Waals surface area contributed by atoms with Gasteiger partial charge < -0.3 is 9.47 Å². The summed E-state index contributed by atoms with van der Waals surface area (Å²) in [4.78, 5) is 14.4. The van der Waals surface area contributed by atoms with Crippen molar-refractivity contribution in [1.29, 1.82) is 0 Å². The number of thioether (sulfide) groups is 1. The summed E-state index contributed by atoms with van der Waals surface area (Å²) >= 11 is 1.95. The van der Waals surface area contributed by atoms with Gasteiger partial charge in [-0.25, -0.2) is 0 Å². The highest BCUT2D eigenvalue weighted by Crippen LogP contribution is 2.32. The highest BCUT2D eigenvalue weighted by atomic mass is 32.2. The highest BCUT2D eigenvalue weighted by Gasteiger charge is 2.19. The van der Waals surface area contributed by atoms with Crippen molar-refractivity contribution in [2.45, 2.75) is 0 Å². The molecule has 3 rings (SSSR count). The molecule has 0 unspecified atom stereocenters. The van der Waals surface area contributed by atoms with Gasteiger partial charge in [0.05, 0.1) is 6.54 Å². The number of hydrogen-bond donors (Lipinski definition) is 0. The van der Waals surface area contributed by atoms with Gasteiger partial charge in [0.2, 0.25) is 6.79 Å². The SMILES string of the molecule is O=C(CN1CCSCC1)c1ccc2c(c1)OCO2. The third-order valence-corrected chi connectivity index (χ3v) is 4.11. The minimum atomic E-state index is 0.153. The van der Waals surface area contributed by atoms with Crippen LogP contribution < -0.4 is 9.47 Å². The molecule has 1 aromatic rings. The second kappa shape index (κ2) is 5.20. The van der Waals surface area contributed by atoms with Gasteiger partial charge in [0.15, 0.2) is 17.3 Å². The fourth-order valence-electron chi connectivity index (χ4n) is 2.12. The molecule has 2 aliphatic heterocycles. The summed E-state index contributed by atoms with van der Waals surface area (Å²) in [5.74, 6) is 3.79. The summed E-state index contributed by atoms with van der Waals surface area (Å²) in [6, 6.07) is 5.40. The number of benzene rings is 1. The normalized spacial score (nSPS) is 18.9. The first kappa shape index (κ1) is 11.9. The molecule has 0 radical (unpaired) electrons. The molecule has 2 heterocycles. The van der Waals surface area contributed by atoms with Gasteiger partial charge >= 0.3 is 0 Å². The maximum atomic E-state index is 12.2. The maximum absolute atomic E-state index is 12.2. The topological polar surface area (TPSA) is 38.8 Å². The number of carbonyl (C=O) groups is 1. The average Bonchev–Trinajstić information content (AvgIpc) is 2.87. The molecule has 2 aliphatic rings. The predicted octanol–water partition coefficient (Wildman–Crippen LogP) is 1.65. The van der Waals surface area contributed by atoms with E-state index in [0.717, 1.165) is 30.3 Å². The van der Waals surface area contributed by atoms with E-state index in [2.05, 4.69) is 4.90 Å². The van der Waals surface area contributed by atoms with Crippen LogP contribution in [0.15, 0.2) is 18.2 Å². The molecule has 0 spiro atoms. The Labute approximate surface area is 110 Å².